The van der Waals surface area contributed by atoms with Crippen LogP contribution in [-0.4, -0.2) is 17.4 Å². The predicted octanol–water partition coefficient (Wildman–Crippen LogP) is 2.11. The Morgan fingerprint density at radius 2 is 2.18 bits per heavy atom. The van der Waals surface area contributed by atoms with Crippen molar-refractivity contribution in [2.75, 3.05) is 6.61 Å². The zero-order chi connectivity index (χ0) is 8.69. The van der Waals surface area contributed by atoms with Crippen LogP contribution in [0.15, 0.2) is 0 Å². The van der Waals surface area contributed by atoms with E-state index in [-0.39, 0.29) is 12.4 Å². The Labute approximate surface area is 72.9 Å². The fourth-order valence-corrected chi connectivity index (χ4v) is 0.702. The zero-order valence-electron chi connectivity index (χ0n) is 7.05. The monoisotopic (exact) mass is 174 g/mol. The molecule has 0 aromatic heterocycles. The summed E-state index contributed by atoms with van der Waals surface area (Å²) in [6.45, 7) is 4.33. The summed E-state index contributed by atoms with van der Waals surface area (Å²) in [5.41, 5.74) is 0. The van der Waals surface area contributed by atoms with Crippen molar-refractivity contribution < 1.29 is 9.53 Å². The molecule has 3 heteroatoms. The zero-order valence-corrected chi connectivity index (χ0v) is 7.87. The lowest BCUT2D eigenvalue weighted by atomic mass is 10.3. The highest BCUT2D eigenvalue weighted by Gasteiger charge is 2.01. The van der Waals surface area contributed by atoms with Gasteiger partial charge in [0, 0.05) is 4.86 Å². The second-order valence-electron chi connectivity index (χ2n) is 2.45. The highest BCUT2D eigenvalue weighted by atomic mass is 32.1. The summed E-state index contributed by atoms with van der Waals surface area (Å²) in [6, 6.07) is 0. The second kappa shape index (κ2) is 6.28. The van der Waals surface area contributed by atoms with Crippen molar-refractivity contribution in [2.45, 2.75) is 33.1 Å². The number of hydrogen-bond acceptors (Lipinski definition) is 3. The highest BCUT2D eigenvalue weighted by Crippen LogP contribution is 1.93. The lowest BCUT2D eigenvalue weighted by Crippen LogP contribution is -2.08. The lowest BCUT2D eigenvalue weighted by molar-refractivity contribution is -0.142. The number of hydrogen-bond donors (Lipinski definition) is 0. The molecule has 0 N–H and O–H groups in total. The average molecular weight is 174 g/mol. The minimum atomic E-state index is -0.203. The van der Waals surface area contributed by atoms with Crippen LogP contribution in [0.2, 0.25) is 0 Å². The molecule has 0 saturated carbocycles. The molecular weight excluding hydrogens is 160 g/mol. The molecule has 0 heterocycles. The molecule has 0 amide bonds. The van der Waals surface area contributed by atoms with Gasteiger partial charge in [-0.1, -0.05) is 25.6 Å². The number of rotatable bonds is 5. The van der Waals surface area contributed by atoms with E-state index < -0.39 is 0 Å². The van der Waals surface area contributed by atoms with Gasteiger partial charge in [0.25, 0.3) is 0 Å². The van der Waals surface area contributed by atoms with Crippen molar-refractivity contribution in [3.8, 4) is 0 Å². The van der Waals surface area contributed by atoms with Crippen LogP contribution in [0.5, 0.6) is 0 Å². The Morgan fingerprint density at radius 1 is 1.55 bits per heavy atom. The molecule has 0 aliphatic heterocycles. The summed E-state index contributed by atoms with van der Waals surface area (Å²) in [7, 11) is 0. The number of thiocarbonyl (C=S) groups is 1. The van der Waals surface area contributed by atoms with Crippen LogP contribution >= 0.6 is 12.2 Å². The maximum atomic E-state index is 10.8. The molecule has 64 valence electrons. The van der Waals surface area contributed by atoms with Crippen LogP contribution < -0.4 is 0 Å². The molecule has 0 atom stereocenters. The summed E-state index contributed by atoms with van der Waals surface area (Å²) in [5, 5.41) is 0. The maximum absolute atomic E-state index is 10.8. The highest BCUT2D eigenvalue weighted by molar-refractivity contribution is 7.80. The van der Waals surface area contributed by atoms with Crippen LogP contribution in [0.1, 0.15) is 33.1 Å². The first kappa shape index (κ1) is 10.6. The third-order valence-electron chi connectivity index (χ3n) is 1.15. The standard InChI is InChI=1S/C8H14O2S/c1-3-4-5-10-8(9)6-7(2)11/h3-6H2,1-2H3. The van der Waals surface area contributed by atoms with Gasteiger partial charge in [0.2, 0.25) is 0 Å². The van der Waals surface area contributed by atoms with Crippen LogP contribution in [0.25, 0.3) is 0 Å². The molecule has 0 fully saturated rings. The number of esters is 1. The van der Waals surface area contributed by atoms with Gasteiger partial charge < -0.3 is 4.74 Å². The molecule has 11 heavy (non-hydrogen) atoms. The summed E-state index contributed by atoms with van der Waals surface area (Å²) in [4.78, 5) is 11.5. The molecular formula is C8H14O2S. The summed E-state index contributed by atoms with van der Waals surface area (Å²) < 4.78 is 4.87. The van der Waals surface area contributed by atoms with Crippen molar-refractivity contribution in [1.82, 2.24) is 0 Å². The maximum Gasteiger partial charge on any atom is 0.310 e. The predicted molar refractivity (Wildman–Crippen MR) is 48.8 cm³/mol. The molecule has 0 rings (SSSR count). The number of carbonyl (C=O) groups excluding carboxylic acids is 1. The van der Waals surface area contributed by atoms with E-state index in [1.165, 1.54) is 0 Å². The van der Waals surface area contributed by atoms with E-state index in [1.807, 2.05) is 0 Å². The van der Waals surface area contributed by atoms with Gasteiger partial charge in [0.15, 0.2) is 0 Å². The van der Waals surface area contributed by atoms with Crippen LogP contribution in [0.4, 0.5) is 0 Å². The van der Waals surface area contributed by atoms with Gasteiger partial charge in [0.05, 0.1) is 13.0 Å². The second-order valence-corrected chi connectivity index (χ2v) is 3.15. The molecule has 0 spiro atoms. The van der Waals surface area contributed by atoms with Gasteiger partial charge in [-0.15, -0.1) is 0 Å². The minimum absolute atomic E-state index is 0.203. The Bertz CT molecular complexity index is 143. The number of carbonyl (C=O) groups is 1. The Balaban J connectivity index is 3.30. The van der Waals surface area contributed by atoms with Crippen LogP contribution in [0, 0.1) is 0 Å². The Kier molecular flexibility index (Phi) is 6.03. The van der Waals surface area contributed by atoms with Crippen molar-refractivity contribution in [3.05, 3.63) is 0 Å². The molecule has 0 unspecified atom stereocenters. The quantitative estimate of drug-likeness (QED) is 0.363. The molecule has 0 saturated heterocycles. The number of unbranched alkanes of at least 4 members (excludes halogenated alkanes) is 1. The fraction of sp³-hybridized carbons (Fsp3) is 0.750. The van der Waals surface area contributed by atoms with Gasteiger partial charge in [-0.3, -0.25) is 4.79 Å². The van der Waals surface area contributed by atoms with Crippen molar-refractivity contribution in [3.63, 3.8) is 0 Å². The first-order chi connectivity index (χ1) is 5.16. The van der Waals surface area contributed by atoms with E-state index in [0.717, 1.165) is 12.8 Å². The van der Waals surface area contributed by atoms with E-state index >= 15 is 0 Å². The normalized spacial score (nSPS) is 9.27. The largest absolute Gasteiger partial charge is 0.465 e. The third kappa shape index (κ3) is 7.46. The van der Waals surface area contributed by atoms with Gasteiger partial charge in [-0.2, -0.15) is 0 Å². The van der Waals surface area contributed by atoms with E-state index in [1.54, 1.807) is 6.92 Å². The van der Waals surface area contributed by atoms with E-state index in [4.69, 9.17) is 17.0 Å². The Hall–Kier alpha value is -0.440. The lowest BCUT2D eigenvalue weighted by Gasteiger charge is -2.01. The molecule has 0 bridgehead atoms. The van der Waals surface area contributed by atoms with Crippen molar-refractivity contribution in [1.29, 1.82) is 0 Å². The first-order valence-electron chi connectivity index (χ1n) is 3.82. The third-order valence-corrected chi connectivity index (χ3v) is 1.30. The summed E-state index contributed by atoms with van der Waals surface area (Å²) in [6.07, 6.45) is 2.26. The van der Waals surface area contributed by atoms with Gasteiger partial charge >= 0.3 is 5.97 Å². The van der Waals surface area contributed by atoms with Gasteiger partial charge in [-0.05, 0) is 13.3 Å². The van der Waals surface area contributed by atoms with Crippen molar-refractivity contribution >= 4 is 23.1 Å². The molecule has 0 aromatic carbocycles. The molecule has 0 aliphatic rings. The van der Waals surface area contributed by atoms with Gasteiger partial charge in [-0.25, -0.2) is 0 Å². The average Bonchev–Trinajstić information content (AvgIpc) is 1.86. The van der Waals surface area contributed by atoms with Crippen molar-refractivity contribution in [2.24, 2.45) is 0 Å². The first-order valence-corrected chi connectivity index (χ1v) is 4.22. The number of ether oxygens (including phenoxy) is 1. The van der Waals surface area contributed by atoms with Gasteiger partial charge in [0.1, 0.15) is 0 Å². The molecule has 0 aliphatic carbocycles. The summed E-state index contributed by atoms with van der Waals surface area (Å²) in [5.74, 6) is -0.203. The molecule has 0 radical (unpaired) electrons. The Morgan fingerprint density at radius 3 is 2.64 bits per heavy atom. The van der Waals surface area contributed by atoms with Crippen LogP contribution in [-0.2, 0) is 9.53 Å². The fourth-order valence-electron chi connectivity index (χ4n) is 0.585. The van der Waals surface area contributed by atoms with E-state index in [0.29, 0.717) is 11.5 Å². The minimum Gasteiger partial charge on any atom is -0.465 e. The summed E-state index contributed by atoms with van der Waals surface area (Å²) >= 11 is 4.75. The van der Waals surface area contributed by atoms with Crippen LogP contribution in [0.3, 0.4) is 0 Å². The van der Waals surface area contributed by atoms with E-state index in [2.05, 4.69) is 6.92 Å². The topological polar surface area (TPSA) is 26.3 Å². The SMILES string of the molecule is CCCCOC(=O)CC(C)=S. The van der Waals surface area contributed by atoms with E-state index in [9.17, 15) is 4.79 Å². The molecule has 2 nitrogen and oxygen atoms in total. The smallest absolute Gasteiger partial charge is 0.310 e. The molecule has 0 aromatic rings.